The summed E-state index contributed by atoms with van der Waals surface area (Å²) < 4.78 is 5.00. The van der Waals surface area contributed by atoms with Crippen LogP contribution >= 0.6 is 22.9 Å². The molecule has 0 unspecified atom stereocenters. The third kappa shape index (κ3) is 7.75. The van der Waals surface area contributed by atoms with E-state index < -0.39 is 22.9 Å². The van der Waals surface area contributed by atoms with E-state index in [4.69, 9.17) is 16.3 Å². The summed E-state index contributed by atoms with van der Waals surface area (Å²) in [4.78, 5) is 58.5. The summed E-state index contributed by atoms with van der Waals surface area (Å²) in [5.74, 6) is -1.96. The number of thiophene rings is 1. The summed E-state index contributed by atoms with van der Waals surface area (Å²) in [6.07, 6.45) is -1.32. The summed E-state index contributed by atoms with van der Waals surface area (Å²) in [6, 6.07) is 6.98. The van der Waals surface area contributed by atoms with Crippen LogP contribution in [0.2, 0.25) is 5.02 Å². The summed E-state index contributed by atoms with van der Waals surface area (Å²) in [7, 11) is 0. The van der Waals surface area contributed by atoms with E-state index in [9.17, 15) is 29.3 Å². The minimum atomic E-state index is -1.20. The Kier molecular flexibility index (Phi) is 9.29. The molecule has 1 aromatic carbocycles. The number of carbonyl (C=O) groups excluding carboxylic acids is 4. The van der Waals surface area contributed by atoms with Gasteiger partial charge in [0.15, 0.2) is 11.9 Å². The highest BCUT2D eigenvalue weighted by atomic mass is 35.5. The molecule has 0 saturated heterocycles. The first-order valence-corrected chi connectivity index (χ1v) is 10.7. The highest BCUT2D eigenvalue weighted by molar-refractivity contribution is 7.12. The van der Waals surface area contributed by atoms with Crippen LogP contribution < -0.4 is 10.6 Å². The molecule has 2 rings (SSSR count). The number of nitrogens with zero attached hydrogens (tertiary/aromatic N) is 1. The molecule has 170 valence electrons. The maximum absolute atomic E-state index is 12.2. The van der Waals surface area contributed by atoms with Gasteiger partial charge in [0.1, 0.15) is 0 Å². The molecule has 0 aliphatic heterocycles. The normalized spacial score (nSPS) is 11.3. The fourth-order valence-electron chi connectivity index (χ4n) is 2.45. The van der Waals surface area contributed by atoms with Crippen LogP contribution in [0, 0.1) is 10.1 Å². The first-order chi connectivity index (χ1) is 15.2. The summed E-state index contributed by atoms with van der Waals surface area (Å²) in [5.41, 5.74) is -0.250. The predicted octanol–water partition coefficient (Wildman–Crippen LogP) is 3.35. The highest BCUT2D eigenvalue weighted by Gasteiger charge is 2.20. The van der Waals surface area contributed by atoms with Gasteiger partial charge in [-0.05, 0) is 24.4 Å². The Morgan fingerprint density at radius 3 is 2.59 bits per heavy atom. The van der Waals surface area contributed by atoms with E-state index >= 15 is 0 Å². The minimum Gasteiger partial charge on any atom is -0.452 e. The minimum absolute atomic E-state index is 0.00540. The lowest BCUT2D eigenvalue weighted by atomic mass is 10.2. The number of ketones is 1. The molecular formula is C20H20ClN3O7S. The lowest BCUT2D eigenvalue weighted by Gasteiger charge is -2.14. The van der Waals surface area contributed by atoms with Gasteiger partial charge in [-0.2, -0.15) is 0 Å². The number of nitro benzene ring substituents is 1. The van der Waals surface area contributed by atoms with Crippen molar-refractivity contribution in [1.29, 1.82) is 0 Å². The number of nitro groups is 1. The standard InChI is InChI=1S/C20H20ClN3O7S/c1-12(20(28)23-15-11-13(24(29)30)4-5-14(15)21)31-19(27)8-9-22-18(26)7-6-16(25)17-3-2-10-32-17/h2-5,10-12H,6-9H2,1H3,(H,22,26)(H,23,28)/t12-/m1/s1. The van der Waals surface area contributed by atoms with Crippen LogP contribution in [0.25, 0.3) is 0 Å². The van der Waals surface area contributed by atoms with E-state index in [-0.39, 0.29) is 53.9 Å². The molecule has 0 saturated carbocycles. The largest absolute Gasteiger partial charge is 0.452 e. The van der Waals surface area contributed by atoms with Crippen molar-refractivity contribution in [2.75, 3.05) is 11.9 Å². The molecule has 12 heteroatoms. The average molecular weight is 482 g/mol. The Morgan fingerprint density at radius 1 is 1.19 bits per heavy atom. The third-order valence-corrected chi connectivity index (χ3v) is 5.36. The van der Waals surface area contributed by atoms with Crippen LogP contribution in [0.3, 0.4) is 0 Å². The van der Waals surface area contributed by atoms with Crippen molar-refractivity contribution in [3.05, 3.63) is 55.7 Å². The van der Waals surface area contributed by atoms with Crippen LogP contribution in [0.1, 0.15) is 35.9 Å². The van der Waals surface area contributed by atoms with Crippen molar-refractivity contribution in [3.8, 4) is 0 Å². The Labute approximate surface area is 192 Å². The molecule has 0 bridgehead atoms. The van der Waals surface area contributed by atoms with E-state index in [1.807, 2.05) is 0 Å². The Bertz CT molecular complexity index is 1010. The number of amides is 2. The molecule has 32 heavy (non-hydrogen) atoms. The maximum atomic E-state index is 12.2. The molecule has 0 radical (unpaired) electrons. The third-order valence-electron chi connectivity index (χ3n) is 4.12. The molecule has 2 amide bonds. The average Bonchev–Trinajstić information content (AvgIpc) is 3.28. The molecular weight excluding hydrogens is 462 g/mol. The fraction of sp³-hybridized carbons (Fsp3) is 0.300. The topological polar surface area (TPSA) is 145 Å². The van der Waals surface area contributed by atoms with Crippen LogP contribution in [0.4, 0.5) is 11.4 Å². The number of esters is 1. The maximum Gasteiger partial charge on any atom is 0.308 e. The van der Waals surface area contributed by atoms with E-state index in [2.05, 4.69) is 10.6 Å². The van der Waals surface area contributed by atoms with Gasteiger partial charge in [0.05, 0.1) is 26.9 Å². The number of non-ortho nitro benzene ring substituents is 1. The number of carbonyl (C=O) groups is 4. The monoisotopic (exact) mass is 481 g/mol. The number of hydrogen-bond donors (Lipinski definition) is 2. The van der Waals surface area contributed by atoms with Crippen LogP contribution in [0.15, 0.2) is 35.7 Å². The van der Waals surface area contributed by atoms with Gasteiger partial charge in [-0.25, -0.2) is 0 Å². The van der Waals surface area contributed by atoms with Gasteiger partial charge in [0.25, 0.3) is 11.6 Å². The van der Waals surface area contributed by atoms with Gasteiger partial charge in [0, 0.05) is 31.5 Å². The first-order valence-electron chi connectivity index (χ1n) is 9.45. The zero-order valence-corrected chi connectivity index (χ0v) is 18.5. The number of halogens is 1. The van der Waals surface area contributed by atoms with E-state index in [1.165, 1.54) is 30.4 Å². The quantitative estimate of drug-likeness (QED) is 0.216. The van der Waals surface area contributed by atoms with Crippen molar-refractivity contribution in [2.45, 2.75) is 32.3 Å². The summed E-state index contributed by atoms with van der Waals surface area (Å²) in [6.45, 7) is 1.31. The van der Waals surface area contributed by atoms with Crippen molar-refractivity contribution < 1.29 is 28.8 Å². The summed E-state index contributed by atoms with van der Waals surface area (Å²) in [5, 5.41) is 17.6. The van der Waals surface area contributed by atoms with E-state index in [0.717, 1.165) is 6.07 Å². The fourth-order valence-corrected chi connectivity index (χ4v) is 3.31. The zero-order valence-electron chi connectivity index (χ0n) is 17.0. The van der Waals surface area contributed by atoms with Crippen LogP contribution in [-0.2, 0) is 19.1 Å². The Hall–Kier alpha value is -3.31. The van der Waals surface area contributed by atoms with Gasteiger partial charge in [-0.3, -0.25) is 29.3 Å². The number of anilines is 1. The van der Waals surface area contributed by atoms with Gasteiger partial charge in [-0.15, -0.1) is 11.3 Å². The predicted molar refractivity (Wildman–Crippen MR) is 118 cm³/mol. The van der Waals surface area contributed by atoms with Crippen molar-refractivity contribution in [3.63, 3.8) is 0 Å². The van der Waals surface area contributed by atoms with Crippen molar-refractivity contribution in [1.82, 2.24) is 5.32 Å². The molecule has 1 heterocycles. The summed E-state index contributed by atoms with van der Waals surface area (Å²) >= 11 is 7.23. The lowest BCUT2D eigenvalue weighted by molar-refractivity contribution is -0.384. The van der Waals surface area contributed by atoms with Crippen LogP contribution in [0.5, 0.6) is 0 Å². The molecule has 0 aliphatic carbocycles. The first kappa shape index (κ1) is 25.0. The zero-order chi connectivity index (χ0) is 23.7. The SMILES string of the molecule is C[C@@H](OC(=O)CCNC(=O)CCC(=O)c1cccs1)C(=O)Nc1cc([N+](=O)[O-])ccc1Cl. The molecule has 0 spiro atoms. The Morgan fingerprint density at radius 2 is 1.94 bits per heavy atom. The van der Waals surface area contributed by atoms with Gasteiger partial charge in [-0.1, -0.05) is 17.7 Å². The molecule has 1 atom stereocenters. The number of rotatable bonds is 11. The Balaban J connectivity index is 1.71. The molecule has 2 N–H and O–H groups in total. The molecule has 10 nitrogen and oxygen atoms in total. The van der Waals surface area contributed by atoms with Crippen molar-refractivity contribution in [2.24, 2.45) is 0 Å². The second-order valence-corrected chi connectivity index (χ2v) is 7.90. The van der Waals surface area contributed by atoms with Crippen LogP contribution in [-0.4, -0.2) is 41.1 Å². The number of benzene rings is 1. The smallest absolute Gasteiger partial charge is 0.308 e. The molecule has 0 aliphatic rings. The van der Waals surface area contributed by atoms with Gasteiger partial charge in [0.2, 0.25) is 5.91 Å². The molecule has 0 fully saturated rings. The number of ether oxygens (including phenoxy) is 1. The van der Waals surface area contributed by atoms with E-state index in [1.54, 1.807) is 17.5 Å². The van der Waals surface area contributed by atoms with Gasteiger partial charge < -0.3 is 15.4 Å². The second-order valence-electron chi connectivity index (χ2n) is 6.54. The second kappa shape index (κ2) is 11.9. The van der Waals surface area contributed by atoms with Crippen molar-refractivity contribution >= 4 is 57.9 Å². The van der Waals surface area contributed by atoms with Gasteiger partial charge >= 0.3 is 5.97 Å². The van der Waals surface area contributed by atoms with E-state index in [0.29, 0.717) is 4.88 Å². The number of Topliss-reactive ketones (excluding diaryl/α,β-unsaturated/α-hetero) is 1. The number of nitrogens with one attached hydrogen (secondary N) is 2. The highest BCUT2D eigenvalue weighted by Crippen LogP contribution is 2.26. The molecule has 1 aromatic heterocycles. The number of hydrogen-bond acceptors (Lipinski definition) is 8. The molecule has 2 aromatic rings. The lowest BCUT2D eigenvalue weighted by Crippen LogP contribution is -2.32.